The zero-order valence-corrected chi connectivity index (χ0v) is 12.9. The fourth-order valence-electron chi connectivity index (χ4n) is 3.50. The fraction of sp³-hybridized carbons (Fsp3) is 0.733. The van der Waals surface area contributed by atoms with Crippen LogP contribution >= 0.6 is 11.3 Å². The van der Waals surface area contributed by atoms with Crippen molar-refractivity contribution in [2.24, 2.45) is 11.8 Å². The molecule has 20 heavy (non-hydrogen) atoms. The largest absolute Gasteiger partial charge is 0.337 e. The zero-order chi connectivity index (χ0) is 13.9. The van der Waals surface area contributed by atoms with E-state index in [4.69, 9.17) is 0 Å². The SMILES string of the molecule is CCCCCN1CC2CN(C(=O)c3cscn3)CC2C1. The minimum absolute atomic E-state index is 0.123. The summed E-state index contributed by atoms with van der Waals surface area (Å²) in [5, 5.41) is 1.85. The first-order valence-corrected chi connectivity index (χ1v) is 8.62. The second-order valence-corrected chi connectivity index (χ2v) is 6.79. The molecule has 0 saturated carbocycles. The molecule has 2 atom stereocenters. The van der Waals surface area contributed by atoms with Gasteiger partial charge in [-0.1, -0.05) is 19.8 Å². The van der Waals surface area contributed by atoms with Crippen LogP contribution in [-0.4, -0.2) is 53.4 Å². The van der Waals surface area contributed by atoms with Gasteiger partial charge in [0.25, 0.3) is 5.91 Å². The molecule has 110 valence electrons. The number of fused-ring (bicyclic) bond motifs is 1. The van der Waals surface area contributed by atoms with Gasteiger partial charge in [-0.05, 0) is 24.8 Å². The van der Waals surface area contributed by atoms with Gasteiger partial charge in [0.05, 0.1) is 5.51 Å². The van der Waals surface area contributed by atoms with Crippen molar-refractivity contribution in [2.75, 3.05) is 32.7 Å². The van der Waals surface area contributed by atoms with E-state index in [1.54, 1.807) is 5.51 Å². The Kier molecular flexibility index (Phi) is 4.36. The van der Waals surface area contributed by atoms with Crippen molar-refractivity contribution in [1.82, 2.24) is 14.8 Å². The van der Waals surface area contributed by atoms with E-state index in [1.807, 2.05) is 10.3 Å². The zero-order valence-electron chi connectivity index (χ0n) is 12.1. The van der Waals surface area contributed by atoms with Crippen LogP contribution in [0.15, 0.2) is 10.9 Å². The lowest BCUT2D eigenvalue weighted by Gasteiger charge is -2.21. The molecule has 0 radical (unpaired) electrons. The highest BCUT2D eigenvalue weighted by atomic mass is 32.1. The van der Waals surface area contributed by atoms with Crippen molar-refractivity contribution >= 4 is 17.2 Å². The first-order chi connectivity index (χ1) is 9.78. The third kappa shape index (κ3) is 2.88. The molecule has 0 aliphatic carbocycles. The molecule has 2 aliphatic heterocycles. The van der Waals surface area contributed by atoms with Gasteiger partial charge in [0.15, 0.2) is 0 Å². The Morgan fingerprint density at radius 2 is 2.05 bits per heavy atom. The van der Waals surface area contributed by atoms with Crippen molar-refractivity contribution in [1.29, 1.82) is 0 Å². The lowest BCUT2D eigenvalue weighted by atomic mass is 10.0. The minimum atomic E-state index is 0.123. The monoisotopic (exact) mass is 293 g/mol. The molecule has 0 N–H and O–H groups in total. The van der Waals surface area contributed by atoms with Gasteiger partial charge in [0.1, 0.15) is 5.69 Å². The quantitative estimate of drug-likeness (QED) is 0.782. The molecule has 1 amide bonds. The number of hydrogen-bond donors (Lipinski definition) is 0. The van der Waals surface area contributed by atoms with Crippen LogP contribution < -0.4 is 0 Å². The van der Waals surface area contributed by atoms with Gasteiger partial charge in [-0.3, -0.25) is 4.79 Å². The molecule has 2 fully saturated rings. The molecule has 0 spiro atoms. The maximum atomic E-state index is 12.3. The summed E-state index contributed by atoms with van der Waals surface area (Å²) >= 11 is 1.49. The Labute approximate surface area is 124 Å². The van der Waals surface area contributed by atoms with Crippen molar-refractivity contribution in [3.63, 3.8) is 0 Å². The predicted molar refractivity (Wildman–Crippen MR) is 81.0 cm³/mol. The number of rotatable bonds is 5. The summed E-state index contributed by atoms with van der Waals surface area (Å²) in [4.78, 5) is 21.0. The third-order valence-corrected chi connectivity index (χ3v) is 5.16. The van der Waals surface area contributed by atoms with Gasteiger partial charge in [0.2, 0.25) is 0 Å². The van der Waals surface area contributed by atoms with E-state index in [-0.39, 0.29) is 5.91 Å². The summed E-state index contributed by atoms with van der Waals surface area (Å²) in [5.41, 5.74) is 2.36. The standard InChI is InChI=1S/C15H23N3OS/c1-2-3-4-5-17-6-12-8-18(9-13(12)7-17)15(19)14-10-20-11-16-14/h10-13H,2-9H2,1H3. The molecule has 1 aromatic heterocycles. The van der Waals surface area contributed by atoms with E-state index in [0.717, 1.165) is 13.1 Å². The molecule has 2 unspecified atom stereocenters. The molecule has 2 aliphatic rings. The van der Waals surface area contributed by atoms with Crippen molar-refractivity contribution in [2.45, 2.75) is 26.2 Å². The van der Waals surface area contributed by atoms with E-state index in [2.05, 4.69) is 16.8 Å². The minimum Gasteiger partial charge on any atom is -0.337 e. The van der Waals surface area contributed by atoms with Gasteiger partial charge in [-0.25, -0.2) is 4.98 Å². The molecule has 0 bridgehead atoms. The van der Waals surface area contributed by atoms with Gasteiger partial charge in [0, 0.05) is 31.6 Å². The number of nitrogens with zero attached hydrogens (tertiary/aromatic N) is 3. The molecule has 4 nitrogen and oxygen atoms in total. The lowest BCUT2D eigenvalue weighted by Crippen LogP contribution is -2.33. The summed E-state index contributed by atoms with van der Waals surface area (Å²) in [6.45, 7) is 7.68. The highest BCUT2D eigenvalue weighted by Gasteiger charge is 2.41. The number of thiazole rings is 1. The van der Waals surface area contributed by atoms with Crippen LogP contribution in [0, 0.1) is 11.8 Å². The second-order valence-electron chi connectivity index (χ2n) is 6.07. The Balaban J connectivity index is 1.50. The van der Waals surface area contributed by atoms with Gasteiger partial charge >= 0.3 is 0 Å². The van der Waals surface area contributed by atoms with E-state index >= 15 is 0 Å². The van der Waals surface area contributed by atoms with Gasteiger partial charge in [-0.15, -0.1) is 11.3 Å². The highest BCUT2D eigenvalue weighted by molar-refractivity contribution is 7.07. The molecule has 3 heterocycles. The number of aromatic nitrogens is 1. The maximum Gasteiger partial charge on any atom is 0.273 e. The van der Waals surface area contributed by atoms with E-state index < -0.39 is 0 Å². The summed E-state index contributed by atoms with van der Waals surface area (Å²) in [7, 11) is 0. The van der Waals surface area contributed by atoms with Crippen molar-refractivity contribution < 1.29 is 4.79 Å². The molecule has 0 aromatic carbocycles. The number of likely N-dealkylation sites (tertiary alicyclic amines) is 2. The van der Waals surface area contributed by atoms with Crippen LogP contribution in [0.2, 0.25) is 0 Å². The smallest absolute Gasteiger partial charge is 0.273 e. The Hall–Kier alpha value is -0.940. The van der Waals surface area contributed by atoms with Crippen LogP contribution in [0.3, 0.4) is 0 Å². The van der Waals surface area contributed by atoms with Crippen LogP contribution in [0.4, 0.5) is 0 Å². The van der Waals surface area contributed by atoms with Crippen LogP contribution in [0.25, 0.3) is 0 Å². The molecular formula is C15H23N3OS. The lowest BCUT2D eigenvalue weighted by molar-refractivity contribution is 0.0769. The highest BCUT2D eigenvalue weighted by Crippen LogP contribution is 2.31. The molecule has 3 rings (SSSR count). The Morgan fingerprint density at radius 3 is 2.65 bits per heavy atom. The van der Waals surface area contributed by atoms with Crippen LogP contribution in [-0.2, 0) is 0 Å². The predicted octanol–water partition coefficient (Wildman–Crippen LogP) is 2.34. The first-order valence-electron chi connectivity index (χ1n) is 7.67. The number of carbonyl (C=O) groups excluding carboxylic acids is 1. The summed E-state index contributed by atoms with van der Waals surface area (Å²) in [6, 6.07) is 0. The number of carbonyl (C=O) groups is 1. The van der Waals surface area contributed by atoms with E-state index in [1.165, 1.54) is 50.2 Å². The molecule has 2 saturated heterocycles. The topological polar surface area (TPSA) is 36.4 Å². The molecule has 1 aromatic rings. The number of hydrogen-bond acceptors (Lipinski definition) is 4. The van der Waals surface area contributed by atoms with Crippen LogP contribution in [0.1, 0.15) is 36.7 Å². The third-order valence-electron chi connectivity index (χ3n) is 4.58. The number of amides is 1. The molecular weight excluding hydrogens is 270 g/mol. The van der Waals surface area contributed by atoms with E-state index in [9.17, 15) is 4.79 Å². The van der Waals surface area contributed by atoms with Gasteiger partial charge in [-0.2, -0.15) is 0 Å². The van der Waals surface area contributed by atoms with Crippen LogP contribution in [0.5, 0.6) is 0 Å². The maximum absolute atomic E-state index is 12.3. The average molecular weight is 293 g/mol. The Bertz CT molecular complexity index is 434. The van der Waals surface area contributed by atoms with Crippen molar-refractivity contribution in [3.8, 4) is 0 Å². The summed E-state index contributed by atoms with van der Waals surface area (Å²) in [5.74, 6) is 1.48. The second kappa shape index (κ2) is 6.22. The van der Waals surface area contributed by atoms with Gasteiger partial charge < -0.3 is 9.80 Å². The molecule has 5 heteroatoms. The Morgan fingerprint density at radius 1 is 1.30 bits per heavy atom. The summed E-state index contributed by atoms with van der Waals surface area (Å²) in [6.07, 6.45) is 3.94. The first kappa shape index (κ1) is 14.0. The number of unbranched alkanes of at least 4 members (excludes halogenated alkanes) is 2. The summed E-state index contributed by atoms with van der Waals surface area (Å²) < 4.78 is 0. The average Bonchev–Trinajstić information content (AvgIpc) is 3.13. The normalized spacial score (nSPS) is 26.1. The van der Waals surface area contributed by atoms with Crippen molar-refractivity contribution in [3.05, 3.63) is 16.6 Å². The fourth-order valence-corrected chi connectivity index (χ4v) is 4.03. The van der Waals surface area contributed by atoms with E-state index in [0.29, 0.717) is 17.5 Å².